The number of alkyl halides is 3. The highest BCUT2D eigenvalue weighted by molar-refractivity contribution is 5.98. The van der Waals surface area contributed by atoms with E-state index < -0.39 is 23.6 Å². The summed E-state index contributed by atoms with van der Waals surface area (Å²) in [5.74, 6) is -2.60. The molecular formula is C17H12F4N4O. The smallest absolute Gasteiger partial charge is 0.319 e. The van der Waals surface area contributed by atoms with Crippen LogP contribution in [0.1, 0.15) is 18.1 Å². The van der Waals surface area contributed by atoms with Crippen molar-refractivity contribution in [1.82, 2.24) is 10.3 Å². The van der Waals surface area contributed by atoms with Crippen LogP contribution in [0.15, 0.2) is 59.0 Å². The van der Waals surface area contributed by atoms with Crippen molar-refractivity contribution in [2.75, 3.05) is 0 Å². The van der Waals surface area contributed by atoms with Gasteiger partial charge in [0, 0.05) is 23.5 Å². The quantitative estimate of drug-likeness (QED) is 0.838. The summed E-state index contributed by atoms with van der Waals surface area (Å²) in [5.41, 5.74) is -0.316. The first-order valence-electron chi connectivity index (χ1n) is 7.44. The van der Waals surface area contributed by atoms with E-state index in [-0.39, 0.29) is 11.3 Å². The number of azo groups is 1. The number of nitrogens with zero attached hydrogens (tertiary/aromatic N) is 3. The lowest BCUT2D eigenvalue weighted by Gasteiger charge is -2.26. The van der Waals surface area contributed by atoms with Crippen LogP contribution >= 0.6 is 0 Å². The zero-order chi connectivity index (χ0) is 18.9. The summed E-state index contributed by atoms with van der Waals surface area (Å²) in [6.07, 6.45) is -2.16. The molecule has 0 radical (unpaired) electrons. The Morgan fingerprint density at radius 2 is 1.65 bits per heavy atom. The Morgan fingerprint density at radius 3 is 2.23 bits per heavy atom. The first-order valence-corrected chi connectivity index (χ1v) is 7.44. The van der Waals surface area contributed by atoms with Gasteiger partial charge in [-0.2, -0.15) is 23.4 Å². The highest BCUT2D eigenvalue weighted by atomic mass is 19.4. The standard InChI is InChI=1S/C17H12F4N4O/c1-16(23-15(26)17(19,20)21)13(10-6-8-22-9-7-10)14(24-25-16)11-2-4-12(18)5-3-11/h2-9H,1H3,(H,23,26). The van der Waals surface area contributed by atoms with Gasteiger partial charge in [-0.15, -0.1) is 0 Å². The van der Waals surface area contributed by atoms with Crippen LogP contribution in [-0.2, 0) is 4.79 Å². The van der Waals surface area contributed by atoms with E-state index in [2.05, 4.69) is 15.2 Å². The van der Waals surface area contributed by atoms with Crippen molar-refractivity contribution >= 4 is 17.2 Å². The fraction of sp³-hybridized carbons (Fsp3) is 0.176. The molecule has 134 valence electrons. The Labute approximate surface area is 145 Å². The molecule has 5 nitrogen and oxygen atoms in total. The number of pyridine rings is 1. The second-order valence-corrected chi connectivity index (χ2v) is 5.69. The zero-order valence-electron chi connectivity index (χ0n) is 13.4. The predicted octanol–water partition coefficient (Wildman–Crippen LogP) is 3.95. The third-order valence-electron chi connectivity index (χ3n) is 3.77. The third kappa shape index (κ3) is 3.32. The second-order valence-electron chi connectivity index (χ2n) is 5.69. The summed E-state index contributed by atoms with van der Waals surface area (Å²) >= 11 is 0. The van der Waals surface area contributed by atoms with Crippen LogP contribution in [0.5, 0.6) is 0 Å². The molecule has 0 fully saturated rings. The van der Waals surface area contributed by atoms with Gasteiger partial charge in [-0.1, -0.05) is 0 Å². The Kier molecular flexibility index (Phi) is 4.31. The third-order valence-corrected chi connectivity index (χ3v) is 3.77. The normalized spacial score (nSPS) is 19.7. The van der Waals surface area contributed by atoms with Crippen LogP contribution < -0.4 is 5.32 Å². The van der Waals surface area contributed by atoms with Gasteiger partial charge in [-0.25, -0.2) is 4.39 Å². The van der Waals surface area contributed by atoms with Crippen molar-refractivity contribution in [3.05, 3.63) is 65.7 Å². The van der Waals surface area contributed by atoms with Gasteiger partial charge in [0.15, 0.2) is 5.66 Å². The van der Waals surface area contributed by atoms with Gasteiger partial charge < -0.3 is 5.32 Å². The molecule has 1 aliphatic heterocycles. The average molecular weight is 364 g/mol. The minimum atomic E-state index is -5.07. The number of carbonyl (C=O) groups excluding carboxylic acids is 1. The van der Waals surface area contributed by atoms with Gasteiger partial charge in [-0.05, 0) is 48.9 Å². The van der Waals surface area contributed by atoms with Gasteiger partial charge in [0.2, 0.25) is 0 Å². The predicted molar refractivity (Wildman–Crippen MR) is 84.9 cm³/mol. The topological polar surface area (TPSA) is 66.7 Å². The van der Waals surface area contributed by atoms with E-state index in [9.17, 15) is 22.4 Å². The molecule has 0 saturated heterocycles. The van der Waals surface area contributed by atoms with Crippen molar-refractivity contribution < 1.29 is 22.4 Å². The zero-order valence-corrected chi connectivity index (χ0v) is 13.4. The Balaban J connectivity index is 2.13. The monoisotopic (exact) mass is 364 g/mol. The summed E-state index contributed by atoms with van der Waals surface area (Å²) in [5, 5.41) is 9.70. The Bertz CT molecular complexity index is 891. The largest absolute Gasteiger partial charge is 0.471 e. The van der Waals surface area contributed by atoms with E-state index in [1.807, 2.05) is 5.32 Å². The van der Waals surface area contributed by atoms with Crippen molar-refractivity contribution in [2.45, 2.75) is 18.8 Å². The summed E-state index contributed by atoms with van der Waals surface area (Å²) < 4.78 is 51.3. The van der Waals surface area contributed by atoms with Crippen LogP contribution in [-0.4, -0.2) is 22.7 Å². The molecule has 1 amide bonds. The van der Waals surface area contributed by atoms with Crippen LogP contribution in [0.4, 0.5) is 17.6 Å². The van der Waals surface area contributed by atoms with E-state index in [1.165, 1.54) is 43.6 Å². The SMILES string of the molecule is CC1(NC(=O)C(F)(F)F)N=NC(c2ccc(F)cc2)=C1c1ccncc1. The molecule has 0 bridgehead atoms. The maximum Gasteiger partial charge on any atom is 0.471 e. The molecule has 1 atom stereocenters. The van der Waals surface area contributed by atoms with E-state index in [1.54, 1.807) is 12.1 Å². The lowest BCUT2D eigenvalue weighted by Crippen LogP contribution is -2.49. The van der Waals surface area contributed by atoms with Crippen molar-refractivity contribution in [3.63, 3.8) is 0 Å². The maximum atomic E-state index is 13.2. The van der Waals surface area contributed by atoms with Gasteiger partial charge in [0.25, 0.3) is 0 Å². The molecule has 1 unspecified atom stereocenters. The van der Waals surface area contributed by atoms with Crippen LogP contribution in [0.3, 0.4) is 0 Å². The number of nitrogens with one attached hydrogen (secondary N) is 1. The van der Waals surface area contributed by atoms with Crippen molar-refractivity contribution in [1.29, 1.82) is 0 Å². The van der Waals surface area contributed by atoms with Crippen LogP contribution in [0.2, 0.25) is 0 Å². The first-order chi connectivity index (χ1) is 12.2. The summed E-state index contributed by atoms with van der Waals surface area (Å²) in [4.78, 5) is 15.3. The molecule has 1 aromatic carbocycles. The molecule has 1 aliphatic rings. The van der Waals surface area contributed by atoms with E-state index in [4.69, 9.17) is 0 Å². The molecule has 0 saturated carbocycles. The van der Waals surface area contributed by atoms with Gasteiger partial charge in [-0.3, -0.25) is 9.78 Å². The molecule has 26 heavy (non-hydrogen) atoms. The minimum absolute atomic E-state index is 0.237. The van der Waals surface area contributed by atoms with Gasteiger partial charge in [0.05, 0.1) is 0 Å². The average Bonchev–Trinajstić information content (AvgIpc) is 2.92. The first kappa shape index (κ1) is 17.7. The number of benzene rings is 1. The van der Waals surface area contributed by atoms with E-state index in [0.29, 0.717) is 11.1 Å². The molecule has 2 aromatic rings. The number of rotatable bonds is 3. The summed E-state index contributed by atoms with van der Waals surface area (Å²) in [7, 11) is 0. The molecule has 3 rings (SSSR count). The van der Waals surface area contributed by atoms with Gasteiger partial charge >= 0.3 is 12.1 Å². The fourth-order valence-electron chi connectivity index (χ4n) is 2.61. The Morgan fingerprint density at radius 1 is 1.04 bits per heavy atom. The van der Waals surface area contributed by atoms with E-state index in [0.717, 1.165) is 0 Å². The lowest BCUT2D eigenvalue weighted by atomic mass is 9.91. The Hall–Kier alpha value is -3.10. The molecule has 1 aromatic heterocycles. The van der Waals surface area contributed by atoms with Gasteiger partial charge in [0.1, 0.15) is 11.5 Å². The molecule has 1 N–H and O–H groups in total. The maximum absolute atomic E-state index is 13.2. The number of amides is 1. The van der Waals surface area contributed by atoms with Crippen LogP contribution in [0, 0.1) is 5.82 Å². The number of halogens is 4. The molecule has 0 spiro atoms. The highest BCUT2D eigenvalue weighted by Crippen LogP contribution is 2.42. The minimum Gasteiger partial charge on any atom is -0.319 e. The number of carbonyl (C=O) groups is 1. The molecule has 9 heteroatoms. The number of aromatic nitrogens is 1. The van der Waals surface area contributed by atoms with Crippen molar-refractivity contribution in [3.8, 4) is 0 Å². The summed E-state index contributed by atoms with van der Waals surface area (Å²) in [6, 6.07) is 8.39. The van der Waals surface area contributed by atoms with Crippen LogP contribution in [0.25, 0.3) is 11.3 Å². The second kappa shape index (κ2) is 6.32. The molecular weight excluding hydrogens is 352 g/mol. The van der Waals surface area contributed by atoms with E-state index >= 15 is 0 Å². The van der Waals surface area contributed by atoms with Crippen molar-refractivity contribution in [2.24, 2.45) is 10.2 Å². The lowest BCUT2D eigenvalue weighted by molar-refractivity contribution is -0.174. The number of hydrogen-bond acceptors (Lipinski definition) is 4. The number of hydrogen-bond donors (Lipinski definition) is 1. The fourth-order valence-corrected chi connectivity index (χ4v) is 2.61. The molecule has 2 heterocycles. The molecule has 0 aliphatic carbocycles. The summed E-state index contributed by atoms with van der Waals surface area (Å²) in [6.45, 7) is 1.31. The highest BCUT2D eigenvalue weighted by Gasteiger charge is 2.46.